The van der Waals surface area contributed by atoms with Crippen LogP contribution in [0.25, 0.3) is 173 Å². The summed E-state index contributed by atoms with van der Waals surface area (Å²) in [7, 11) is 0. The maximum Gasteiger partial charge on any atom is 0.0541 e. The Hall–Kier alpha value is -14.9. The number of benzene rings is 19. The van der Waals surface area contributed by atoms with Gasteiger partial charge in [-0.05, 0) is 223 Å². The third-order valence-corrected chi connectivity index (χ3v) is 25.7. The Balaban J connectivity index is 0.000000143. The van der Waals surface area contributed by atoms with Crippen molar-refractivity contribution < 1.29 is 0 Å². The number of rotatable bonds is 14. The third kappa shape index (κ3) is 12.8. The van der Waals surface area contributed by atoms with Crippen molar-refractivity contribution >= 4 is 152 Å². The maximum absolute atomic E-state index is 2.39. The van der Waals surface area contributed by atoms with Crippen LogP contribution in [0.1, 0.15) is 0 Å². The molecule has 0 saturated carbocycles. The van der Waals surface area contributed by atoms with Gasteiger partial charge in [0.15, 0.2) is 0 Å². The molecular formula is C112H74N4S2. The van der Waals surface area contributed by atoms with E-state index in [-0.39, 0.29) is 0 Å². The van der Waals surface area contributed by atoms with Gasteiger partial charge in [0.1, 0.15) is 0 Å². The smallest absolute Gasteiger partial charge is 0.0541 e. The van der Waals surface area contributed by atoms with Crippen molar-refractivity contribution in [2.75, 3.05) is 9.80 Å². The van der Waals surface area contributed by atoms with Gasteiger partial charge in [-0.2, -0.15) is 0 Å². The highest BCUT2D eigenvalue weighted by molar-refractivity contribution is 7.26. The Morgan fingerprint density at radius 1 is 0.153 bits per heavy atom. The number of thiophene rings is 2. The first-order valence-corrected chi connectivity index (χ1v) is 41.9. The van der Waals surface area contributed by atoms with Gasteiger partial charge in [0.05, 0.1) is 22.1 Å². The van der Waals surface area contributed by atoms with Gasteiger partial charge in [-0.25, -0.2) is 0 Å². The van der Waals surface area contributed by atoms with Gasteiger partial charge < -0.3 is 18.9 Å². The Morgan fingerprint density at radius 2 is 0.449 bits per heavy atom. The zero-order valence-electron chi connectivity index (χ0n) is 64.3. The van der Waals surface area contributed by atoms with Crippen LogP contribution in [0.4, 0.5) is 34.1 Å². The van der Waals surface area contributed by atoms with Crippen molar-refractivity contribution in [1.82, 2.24) is 9.13 Å². The van der Waals surface area contributed by atoms with E-state index < -0.39 is 0 Å². The lowest BCUT2D eigenvalue weighted by Crippen LogP contribution is -2.10. The van der Waals surface area contributed by atoms with Gasteiger partial charge in [-0.3, -0.25) is 0 Å². The number of hydrogen-bond acceptors (Lipinski definition) is 4. The van der Waals surface area contributed by atoms with Crippen LogP contribution in [-0.4, -0.2) is 9.13 Å². The van der Waals surface area contributed by atoms with E-state index in [1.165, 1.54) is 161 Å². The molecule has 0 unspecified atom stereocenters. The molecule has 4 aromatic heterocycles. The van der Waals surface area contributed by atoms with Crippen molar-refractivity contribution in [3.63, 3.8) is 0 Å². The Bertz CT molecular complexity index is 7600. The van der Waals surface area contributed by atoms with Crippen LogP contribution >= 0.6 is 22.7 Å². The summed E-state index contributed by atoms with van der Waals surface area (Å²) in [5, 5.41) is 12.8. The summed E-state index contributed by atoms with van der Waals surface area (Å²) in [6, 6.07) is 164. The first-order chi connectivity index (χ1) is 58.5. The SMILES string of the molecule is c1cc(N(c2ccc(-c3ccc(-c4ccc5ccccc5c4)cc3)cc2)c2ccc(-c3ccc4c(c3)sc3ccccc34)cc2)cc(-n2c3ccccc3c3ccccc32)c1.c1ccc(-c2ccc(-c3ccc(N(c4ccc(-c5ccc6sc7ccccc7c6c5)cc4)c4cccc(-n5c6ccccc6c6ccccc65)c4)cc3)cc2)cc1. The van der Waals surface area contributed by atoms with Gasteiger partial charge in [0, 0.05) is 107 Å². The fourth-order valence-electron chi connectivity index (χ4n) is 17.6. The summed E-state index contributed by atoms with van der Waals surface area (Å²) in [5.74, 6) is 0. The summed E-state index contributed by atoms with van der Waals surface area (Å²) in [4.78, 5) is 4.75. The van der Waals surface area contributed by atoms with Gasteiger partial charge in [-0.15, -0.1) is 22.7 Å². The summed E-state index contributed by atoms with van der Waals surface area (Å²) < 4.78 is 10.1. The molecule has 23 rings (SSSR count). The van der Waals surface area contributed by atoms with E-state index in [0.29, 0.717) is 0 Å². The topological polar surface area (TPSA) is 16.3 Å². The largest absolute Gasteiger partial charge is 0.310 e. The Morgan fingerprint density at radius 3 is 0.898 bits per heavy atom. The van der Waals surface area contributed by atoms with E-state index in [9.17, 15) is 0 Å². The molecule has 6 heteroatoms. The van der Waals surface area contributed by atoms with E-state index in [1.54, 1.807) is 0 Å². The normalized spacial score (nSPS) is 11.6. The van der Waals surface area contributed by atoms with Crippen molar-refractivity contribution in [3.05, 3.63) is 449 Å². The molecular weight excluding hydrogens is 1470 g/mol. The molecule has 0 aliphatic rings. The molecule has 4 heterocycles. The lowest BCUT2D eigenvalue weighted by molar-refractivity contribution is 1.17. The standard InChI is InChI=1S/C58H38N2S.C54H36N2S/c1-2-11-44-36-45(25-24-39(44)10-1)42-22-20-40(21-23-42)41-26-31-47(32-27-41)59(48-33-28-43(29-34-48)46-30-35-54-53-16-5-8-19-57(53)61-58(54)37-46)49-12-9-13-50(38-49)60-55-17-6-3-14-51(55)52-15-4-7-18-56(52)60;1-2-11-37(12-3-1)38-21-23-39(24-22-38)40-25-30-43(31-26-40)55(44-32-27-41(28-33-44)42-29-34-54-50(35-42)49-17-6-9-20-53(49)57-54)45-13-10-14-46(36-45)56-51-18-7-4-15-47(51)48-16-5-8-19-52(48)56/h1-38H;1-36H. The van der Waals surface area contributed by atoms with Crippen molar-refractivity contribution in [2.24, 2.45) is 0 Å². The molecule has 0 bridgehead atoms. The quantitative estimate of drug-likeness (QED) is 0.108. The monoisotopic (exact) mass is 1540 g/mol. The lowest BCUT2D eigenvalue weighted by atomic mass is 9.98. The van der Waals surface area contributed by atoms with E-state index in [4.69, 9.17) is 0 Å². The fraction of sp³-hybridized carbons (Fsp3) is 0. The Kier molecular flexibility index (Phi) is 17.6. The van der Waals surface area contributed by atoms with Crippen LogP contribution in [0.5, 0.6) is 0 Å². The first-order valence-electron chi connectivity index (χ1n) is 40.2. The zero-order chi connectivity index (χ0) is 78.0. The zero-order valence-corrected chi connectivity index (χ0v) is 66.0. The minimum Gasteiger partial charge on any atom is -0.310 e. The molecule has 0 radical (unpaired) electrons. The molecule has 0 aliphatic heterocycles. The summed E-state index contributed by atoms with van der Waals surface area (Å²) >= 11 is 3.72. The van der Waals surface area contributed by atoms with Crippen LogP contribution in [0, 0.1) is 0 Å². The minimum absolute atomic E-state index is 1.09. The molecule has 0 atom stereocenters. The lowest BCUT2D eigenvalue weighted by Gasteiger charge is -2.26. The summed E-state index contributed by atoms with van der Waals surface area (Å²) in [6.07, 6.45) is 0. The first kappa shape index (κ1) is 69.8. The fourth-order valence-corrected chi connectivity index (χ4v) is 19.8. The predicted octanol–water partition coefficient (Wildman–Crippen LogP) is 32.4. The molecule has 0 saturated heterocycles. The Labute approximate surface area is 692 Å². The van der Waals surface area contributed by atoms with Crippen molar-refractivity contribution in [3.8, 4) is 78.1 Å². The number of para-hydroxylation sites is 4. The molecule has 23 aromatic rings. The molecule has 118 heavy (non-hydrogen) atoms. The van der Waals surface area contributed by atoms with E-state index in [2.05, 4.69) is 468 Å². The third-order valence-electron chi connectivity index (χ3n) is 23.4. The van der Waals surface area contributed by atoms with Gasteiger partial charge in [0.25, 0.3) is 0 Å². The van der Waals surface area contributed by atoms with E-state index in [0.717, 1.165) is 45.5 Å². The molecule has 0 spiro atoms. The van der Waals surface area contributed by atoms with Gasteiger partial charge in [-0.1, -0.05) is 303 Å². The van der Waals surface area contributed by atoms with Crippen LogP contribution in [0.15, 0.2) is 449 Å². The second-order valence-corrected chi connectivity index (χ2v) is 32.5. The molecule has 554 valence electrons. The van der Waals surface area contributed by atoms with Crippen molar-refractivity contribution in [1.29, 1.82) is 0 Å². The van der Waals surface area contributed by atoms with Crippen LogP contribution in [0.3, 0.4) is 0 Å². The van der Waals surface area contributed by atoms with E-state index in [1.807, 2.05) is 22.7 Å². The highest BCUT2D eigenvalue weighted by Crippen LogP contribution is 2.45. The highest BCUT2D eigenvalue weighted by Gasteiger charge is 2.21. The summed E-state index contributed by atoms with van der Waals surface area (Å²) in [6.45, 7) is 0. The second-order valence-electron chi connectivity index (χ2n) is 30.3. The van der Waals surface area contributed by atoms with E-state index >= 15 is 0 Å². The summed E-state index contributed by atoms with van der Waals surface area (Å²) in [5.41, 5.74) is 28.1. The molecule has 0 amide bonds. The average molecular weight is 1540 g/mol. The maximum atomic E-state index is 2.39. The molecule has 19 aromatic carbocycles. The van der Waals surface area contributed by atoms with Crippen molar-refractivity contribution in [2.45, 2.75) is 0 Å². The molecule has 0 N–H and O–H groups in total. The number of hydrogen-bond donors (Lipinski definition) is 0. The second kappa shape index (κ2) is 29.8. The highest BCUT2D eigenvalue weighted by atomic mass is 32.1. The number of aromatic nitrogens is 2. The molecule has 0 fully saturated rings. The van der Waals surface area contributed by atoms with Crippen LogP contribution in [0.2, 0.25) is 0 Å². The number of nitrogens with zero attached hydrogens (tertiary/aromatic N) is 4. The molecule has 4 nitrogen and oxygen atoms in total. The van der Waals surface area contributed by atoms with Crippen LogP contribution in [-0.2, 0) is 0 Å². The minimum atomic E-state index is 1.09. The van der Waals surface area contributed by atoms with Gasteiger partial charge >= 0.3 is 0 Å². The van der Waals surface area contributed by atoms with Gasteiger partial charge in [0.2, 0.25) is 0 Å². The molecule has 0 aliphatic carbocycles. The van der Waals surface area contributed by atoms with Crippen LogP contribution < -0.4 is 9.80 Å². The average Bonchev–Trinajstić information content (AvgIpc) is 1.60. The number of fused-ring (bicyclic) bond motifs is 13. The predicted molar refractivity (Wildman–Crippen MR) is 507 cm³/mol. The number of anilines is 6.